The van der Waals surface area contributed by atoms with E-state index in [1.807, 2.05) is 6.07 Å². The topological polar surface area (TPSA) is 55.4 Å². The van der Waals surface area contributed by atoms with Crippen molar-refractivity contribution >= 4 is 11.9 Å². The summed E-state index contributed by atoms with van der Waals surface area (Å²) in [6, 6.07) is 12.4. The minimum Gasteiger partial charge on any atom is -0.467 e. The Morgan fingerprint density at radius 1 is 1.00 bits per heavy atom. The van der Waals surface area contributed by atoms with Crippen LogP contribution < -0.4 is 5.32 Å². The summed E-state index contributed by atoms with van der Waals surface area (Å²) in [5.74, 6) is -1.04. The van der Waals surface area contributed by atoms with Gasteiger partial charge in [-0.05, 0) is 23.3 Å². The molecule has 2 rings (SSSR count). The smallest absolute Gasteiger partial charge is 0.416 e. The van der Waals surface area contributed by atoms with Crippen molar-refractivity contribution in [3.8, 4) is 0 Å². The first-order chi connectivity index (χ1) is 12.3. The van der Waals surface area contributed by atoms with Crippen LogP contribution in [-0.2, 0) is 33.3 Å². The third-order valence-corrected chi connectivity index (χ3v) is 3.75. The molecular formula is C19H18F3NO3. The first-order valence-corrected chi connectivity index (χ1v) is 7.87. The van der Waals surface area contributed by atoms with Crippen molar-refractivity contribution in [1.29, 1.82) is 0 Å². The summed E-state index contributed by atoms with van der Waals surface area (Å²) in [6.07, 6.45) is -4.31. The highest BCUT2D eigenvalue weighted by atomic mass is 19.4. The predicted octanol–water partition coefficient (Wildman–Crippen LogP) is 3.15. The number of benzene rings is 2. The fourth-order valence-corrected chi connectivity index (χ4v) is 2.43. The number of halogens is 3. The number of hydrogen-bond donors (Lipinski definition) is 1. The van der Waals surface area contributed by atoms with E-state index in [4.69, 9.17) is 0 Å². The molecule has 0 bridgehead atoms. The highest BCUT2D eigenvalue weighted by Crippen LogP contribution is 2.29. The van der Waals surface area contributed by atoms with Crippen molar-refractivity contribution in [2.75, 3.05) is 7.11 Å². The molecule has 7 heteroatoms. The van der Waals surface area contributed by atoms with E-state index in [1.165, 1.54) is 19.2 Å². The molecule has 0 saturated carbocycles. The quantitative estimate of drug-likeness (QED) is 0.800. The summed E-state index contributed by atoms with van der Waals surface area (Å²) in [6.45, 7) is 0. The van der Waals surface area contributed by atoms with Crippen LogP contribution in [-0.4, -0.2) is 25.0 Å². The average molecular weight is 365 g/mol. The molecule has 0 heterocycles. The van der Waals surface area contributed by atoms with E-state index in [-0.39, 0.29) is 18.7 Å². The zero-order valence-corrected chi connectivity index (χ0v) is 14.0. The van der Waals surface area contributed by atoms with Crippen molar-refractivity contribution in [3.63, 3.8) is 0 Å². The zero-order chi connectivity index (χ0) is 19.2. The molecule has 138 valence electrons. The standard InChI is InChI=1S/C19H18F3NO3/c1-26-18(25)16(23-17(24)12-13-5-3-2-4-6-13)11-14-7-9-15(10-8-14)19(20,21)22/h2-10,16H,11-12H2,1H3,(H,23,24)/t16-/m1/s1. The van der Waals surface area contributed by atoms with E-state index in [0.717, 1.165) is 17.7 Å². The summed E-state index contributed by atoms with van der Waals surface area (Å²) >= 11 is 0. The Balaban J connectivity index is 2.05. The molecule has 0 spiro atoms. The third-order valence-electron chi connectivity index (χ3n) is 3.75. The molecule has 0 aliphatic carbocycles. The molecule has 2 aromatic rings. The van der Waals surface area contributed by atoms with E-state index >= 15 is 0 Å². The number of ether oxygens (including phenoxy) is 1. The van der Waals surface area contributed by atoms with Crippen LogP contribution in [0.2, 0.25) is 0 Å². The summed E-state index contributed by atoms with van der Waals surface area (Å²) in [5.41, 5.74) is 0.487. The van der Waals surface area contributed by atoms with Gasteiger partial charge in [0, 0.05) is 6.42 Å². The Hall–Kier alpha value is -2.83. The molecule has 0 aliphatic heterocycles. The Bertz CT molecular complexity index is 743. The largest absolute Gasteiger partial charge is 0.467 e. The molecule has 1 N–H and O–H groups in total. The molecule has 0 radical (unpaired) electrons. The Morgan fingerprint density at radius 2 is 1.62 bits per heavy atom. The molecule has 2 aromatic carbocycles. The Labute approximate surface area is 149 Å². The number of methoxy groups -OCH3 is 1. The molecule has 0 aliphatic rings. The third kappa shape index (κ3) is 5.61. The van der Waals surface area contributed by atoms with Gasteiger partial charge in [-0.3, -0.25) is 4.79 Å². The van der Waals surface area contributed by atoms with Crippen LogP contribution in [0.3, 0.4) is 0 Å². The number of nitrogens with one attached hydrogen (secondary N) is 1. The lowest BCUT2D eigenvalue weighted by atomic mass is 10.0. The maximum atomic E-state index is 12.6. The first kappa shape index (κ1) is 19.5. The lowest BCUT2D eigenvalue weighted by Crippen LogP contribution is -2.43. The number of carbonyl (C=O) groups is 2. The molecule has 0 unspecified atom stereocenters. The van der Waals surface area contributed by atoms with Crippen LogP contribution in [0.5, 0.6) is 0 Å². The molecule has 26 heavy (non-hydrogen) atoms. The van der Waals surface area contributed by atoms with Crippen molar-refractivity contribution in [1.82, 2.24) is 5.32 Å². The van der Waals surface area contributed by atoms with Gasteiger partial charge in [0.1, 0.15) is 6.04 Å². The second kappa shape index (κ2) is 8.51. The molecule has 4 nitrogen and oxygen atoms in total. The normalized spacial score (nSPS) is 12.3. The van der Waals surface area contributed by atoms with Crippen LogP contribution in [0.15, 0.2) is 54.6 Å². The van der Waals surface area contributed by atoms with Gasteiger partial charge in [0.2, 0.25) is 5.91 Å². The van der Waals surface area contributed by atoms with Crippen molar-refractivity contribution < 1.29 is 27.5 Å². The van der Waals surface area contributed by atoms with E-state index in [2.05, 4.69) is 10.1 Å². The van der Waals surface area contributed by atoms with Gasteiger partial charge in [0.05, 0.1) is 19.1 Å². The number of carbonyl (C=O) groups excluding carboxylic acids is 2. The van der Waals surface area contributed by atoms with Crippen LogP contribution in [0.4, 0.5) is 13.2 Å². The monoisotopic (exact) mass is 365 g/mol. The average Bonchev–Trinajstić information content (AvgIpc) is 2.61. The van der Waals surface area contributed by atoms with Crippen molar-refractivity contribution in [2.24, 2.45) is 0 Å². The van der Waals surface area contributed by atoms with E-state index in [1.54, 1.807) is 24.3 Å². The summed E-state index contributed by atoms with van der Waals surface area (Å²) in [5, 5.41) is 2.57. The molecular weight excluding hydrogens is 347 g/mol. The fourth-order valence-electron chi connectivity index (χ4n) is 2.43. The molecule has 0 saturated heterocycles. The lowest BCUT2D eigenvalue weighted by molar-refractivity contribution is -0.145. The van der Waals surface area contributed by atoms with E-state index in [0.29, 0.717) is 5.56 Å². The Morgan fingerprint density at radius 3 is 2.15 bits per heavy atom. The second-order valence-corrected chi connectivity index (χ2v) is 5.70. The minimum atomic E-state index is -4.43. The maximum absolute atomic E-state index is 12.6. The summed E-state index contributed by atoms with van der Waals surface area (Å²) in [4.78, 5) is 24.1. The van der Waals surface area contributed by atoms with Gasteiger partial charge >= 0.3 is 12.1 Å². The Kier molecular flexibility index (Phi) is 6.38. The number of amides is 1. The van der Waals surface area contributed by atoms with Crippen LogP contribution in [0, 0.1) is 0 Å². The fraction of sp³-hybridized carbons (Fsp3) is 0.263. The lowest BCUT2D eigenvalue weighted by Gasteiger charge is -2.17. The number of alkyl halides is 3. The molecule has 0 fully saturated rings. The van der Waals surface area contributed by atoms with Gasteiger partial charge in [-0.2, -0.15) is 13.2 Å². The second-order valence-electron chi connectivity index (χ2n) is 5.70. The number of rotatable bonds is 6. The maximum Gasteiger partial charge on any atom is 0.416 e. The van der Waals surface area contributed by atoms with Crippen molar-refractivity contribution in [2.45, 2.75) is 25.1 Å². The van der Waals surface area contributed by atoms with Crippen molar-refractivity contribution in [3.05, 3.63) is 71.3 Å². The summed E-state index contributed by atoms with van der Waals surface area (Å²) in [7, 11) is 1.19. The molecule has 1 amide bonds. The highest BCUT2D eigenvalue weighted by molar-refractivity contribution is 5.85. The van der Waals surface area contributed by atoms with Crippen LogP contribution in [0.1, 0.15) is 16.7 Å². The van der Waals surface area contributed by atoms with Crippen LogP contribution in [0.25, 0.3) is 0 Å². The van der Waals surface area contributed by atoms with Gasteiger partial charge in [0.25, 0.3) is 0 Å². The van der Waals surface area contributed by atoms with Gasteiger partial charge < -0.3 is 10.1 Å². The highest BCUT2D eigenvalue weighted by Gasteiger charge is 2.30. The minimum absolute atomic E-state index is 0.0331. The summed E-state index contributed by atoms with van der Waals surface area (Å²) < 4.78 is 42.5. The van der Waals surface area contributed by atoms with Gasteiger partial charge in [-0.25, -0.2) is 4.79 Å². The number of hydrogen-bond acceptors (Lipinski definition) is 3. The van der Waals surface area contributed by atoms with Crippen LogP contribution >= 0.6 is 0 Å². The van der Waals surface area contributed by atoms with E-state index < -0.39 is 23.8 Å². The molecule has 1 atom stereocenters. The van der Waals surface area contributed by atoms with Gasteiger partial charge in [-0.15, -0.1) is 0 Å². The first-order valence-electron chi connectivity index (χ1n) is 7.87. The molecule has 0 aromatic heterocycles. The SMILES string of the molecule is COC(=O)[C@@H](Cc1ccc(C(F)(F)F)cc1)NC(=O)Cc1ccccc1. The van der Waals surface area contributed by atoms with Gasteiger partial charge in [0.15, 0.2) is 0 Å². The predicted molar refractivity (Wildman–Crippen MR) is 89.2 cm³/mol. The van der Waals surface area contributed by atoms with E-state index in [9.17, 15) is 22.8 Å². The zero-order valence-electron chi connectivity index (χ0n) is 14.0. The van der Waals surface area contributed by atoms with Gasteiger partial charge in [-0.1, -0.05) is 42.5 Å². The number of esters is 1.